The first-order valence-corrected chi connectivity index (χ1v) is 6.35. The van der Waals surface area contributed by atoms with Gasteiger partial charge in [-0.2, -0.15) is 0 Å². The largest absolute Gasteiger partial charge is 0.354 e. The smallest absolute Gasteiger partial charge is 0.221 e. The number of aliphatic imine (C=N–C) groups is 1. The number of carbonyl (C=O) groups is 1. The molecule has 0 heterocycles. The monoisotopic (exact) mass is 262 g/mol. The van der Waals surface area contributed by atoms with Crippen LogP contribution in [0.4, 0.5) is 5.69 Å². The molecule has 0 aliphatic heterocycles. The Morgan fingerprint density at radius 1 is 1.37 bits per heavy atom. The number of rotatable bonds is 4. The Kier molecular flexibility index (Phi) is 5.85. The van der Waals surface area contributed by atoms with Gasteiger partial charge in [-0.3, -0.25) is 9.79 Å². The van der Waals surface area contributed by atoms with Gasteiger partial charge in [0.1, 0.15) is 0 Å². The number of nitrogens with zero attached hydrogens (tertiary/aromatic N) is 1. The second kappa shape index (κ2) is 7.41. The van der Waals surface area contributed by atoms with E-state index < -0.39 is 0 Å². The van der Waals surface area contributed by atoms with E-state index in [-0.39, 0.29) is 5.91 Å². The van der Waals surface area contributed by atoms with Crippen molar-refractivity contribution in [3.05, 3.63) is 29.8 Å². The zero-order valence-electron chi connectivity index (χ0n) is 11.9. The standard InChI is InChI=1S/C14H22N4O/c1-10(2)17-14(15-4)16-9-12-6-5-7-13(8-12)18-11(3)19/h5-8,10H,9H2,1-4H3,(H,18,19)(H2,15,16,17). The zero-order chi connectivity index (χ0) is 14.3. The van der Waals surface area contributed by atoms with Crippen molar-refractivity contribution in [2.75, 3.05) is 12.4 Å². The normalized spacial score (nSPS) is 11.3. The quantitative estimate of drug-likeness (QED) is 0.572. The van der Waals surface area contributed by atoms with Crippen molar-refractivity contribution in [3.8, 4) is 0 Å². The molecule has 0 bridgehead atoms. The fourth-order valence-electron chi connectivity index (χ4n) is 1.62. The molecule has 0 aliphatic rings. The lowest BCUT2D eigenvalue weighted by Gasteiger charge is -2.14. The Hall–Kier alpha value is -2.04. The van der Waals surface area contributed by atoms with Crippen molar-refractivity contribution in [3.63, 3.8) is 0 Å². The molecule has 1 rings (SSSR count). The molecule has 0 aromatic heterocycles. The van der Waals surface area contributed by atoms with Crippen LogP contribution in [0.5, 0.6) is 0 Å². The van der Waals surface area contributed by atoms with E-state index in [9.17, 15) is 4.79 Å². The second-order valence-electron chi connectivity index (χ2n) is 4.61. The van der Waals surface area contributed by atoms with E-state index in [1.165, 1.54) is 6.92 Å². The highest BCUT2D eigenvalue weighted by molar-refractivity contribution is 5.88. The number of hydrogen-bond donors (Lipinski definition) is 3. The molecule has 0 fully saturated rings. The molecular formula is C14H22N4O. The van der Waals surface area contributed by atoms with Crippen molar-refractivity contribution in [1.29, 1.82) is 0 Å². The summed E-state index contributed by atoms with van der Waals surface area (Å²) in [6.45, 7) is 6.27. The predicted molar refractivity (Wildman–Crippen MR) is 79.2 cm³/mol. The van der Waals surface area contributed by atoms with Crippen LogP contribution in [0.3, 0.4) is 0 Å². The number of benzene rings is 1. The fraction of sp³-hybridized carbons (Fsp3) is 0.429. The number of carbonyl (C=O) groups excluding carboxylic acids is 1. The number of guanidine groups is 1. The molecule has 0 saturated heterocycles. The summed E-state index contributed by atoms with van der Waals surface area (Å²) in [5, 5.41) is 9.21. The summed E-state index contributed by atoms with van der Waals surface area (Å²) in [7, 11) is 1.74. The molecular weight excluding hydrogens is 240 g/mol. The van der Waals surface area contributed by atoms with Gasteiger partial charge in [-0.1, -0.05) is 12.1 Å². The summed E-state index contributed by atoms with van der Waals surface area (Å²) in [5.41, 5.74) is 1.89. The van der Waals surface area contributed by atoms with Gasteiger partial charge in [-0.25, -0.2) is 0 Å². The van der Waals surface area contributed by atoms with E-state index in [4.69, 9.17) is 0 Å². The van der Waals surface area contributed by atoms with Gasteiger partial charge >= 0.3 is 0 Å². The third-order valence-electron chi connectivity index (χ3n) is 2.36. The van der Waals surface area contributed by atoms with Crippen LogP contribution < -0.4 is 16.0 Å². The molecule has 0 saturated carbocycles. The van der Waals surface area contributed by atoms with E-state index >= 15 is 0 Å². The minimum atomic E-state index is -0.0672. The molecule has 19 heavy (non-hydrogen) atoms. The Balaban J connectivity index is 2.59. The van der Waals surface area contributed by atoms with Crippen LogP contribution in [0.25, 0.3) is 0 Å². The Labute approximate surface area is 114 Å². The van der Waals surface area contributed by atoms with Gasteiger partial charge in [0.15, 0.2) is 5.96 Å². The molecule has 0 radical (unpaired) electrons. The van der Waals surface area contributed by atoms with Crippen molar-refractivity contribution in [1.82, 2.24) is 10.6 Å². The number of anilines is 1. The summed E-state index contributed by atoms with van der Waals surface area (Å²) in [4.78, 5) is 15.1. The maximum absolute atomic E-state index is 11.0. The zero-order valence-corrected chi connectivity index (χ0v) is 11.9. The highest BCUT2D eigenvalue weighted by Gasteiger charge is 2.01. The Bertz CT molecular complexity index is 455. The van der Waals surface area contributed by atoms with Crippen LogP contribution in [0, 0.1) is 0 Å². The van der Waals surface area contributed by atoms with Gasteiger partial charge in [-0.15, -0.1) is 0 Å². The fourth-order valence-corrected chi connectivity index (χ4v) is 1.62. The summed E-state index contributed by atoms with van der Waals surface area (Å²) in [6.07, 6.45) is 0. The van der Waals surface area contributed by atoms with Crippen LogP contribution in [-0.4, -0.2) is 25.0 Å². The lowest BCUT2D eigenvalue weighted by atomic mass is 10.2. The molecule has 0 aliphatic carbocycles. The van der Waals surface area contributed by atoms with Crippen LogP contribution in [0.15, 0.2) is 29.3 Å². The van der Waals surface area contributed by atoms with E-state index in [0.29, 0.717) is 12.6 Å². The lowest BCUT2D eigenvalue weighted by molar-refractivity contribution is -0.114. The first-order valence-electron chi connectivity index (χ1n) is 6.35. The molecule has 1 aromatic carbocycles. The van der Waals surface area contributed by atoms with E-state index in [2.05, 4.69) is 34.8 Å². The predicted octanol–water partition coefficient (Wildman–Crippen LogP) is 1.72. The molecule has 104 valence electrons. The SMILES string of the molecule is CN=C(NCc1cccc(NC(C)=O)c1)NC(C)C. The molecule has 1 aromatic rings. The molecule has 1 amide bonds. The number of hydrogen-bond acceptors (Lipinski definition) is 2. The molecule has 0 spiro atoms. The maximum Gasteiger partial charge on any atom is 0.221 e. The molecule has 0 unspecified atom stereocenters. The maximum atomic E-state index is 11.0. The van der Waals surface area contributed by atoms with Gasteiger partial charge in [0.2, 0.25) is 5.91 Å². The van der Waals surface area contributed by atoms with Crippen molar-refractivity contribution in [2.24, 2.45) is 4.99 Å². The first-order chi connectivity index (χ1) is 9.01. The first kappa shape index (κ1) is 15.0. The van der Waals surface area contributed by atoms with Crippen molar-refractivity contribution < 1.29 is 4.79 Å². The van der Waals surface area contributed by atoms with Gasteiger partial charge in [-0.05, 0) is 31.5 Å². The summed E-state index contributed by atoms with van der Waals surface area (Å²) < 4.78 is 0. The Morgan fingerprint density at radius 3 is 2.68 bits per heavy atom. The third-order valence-corrected chi connectivity index (χ3v) is 2.36. The van der Waals surface area contributed by atoms with Crippen LogP contribution in [0.2, 0.25) is 0 Å². The topological polar surface area (TPSA) is 65.5 Å². The minimum Gasteiger partial charge on any atom is -0.354 e. The Morgan fingerprint density at radius 2 is 2.11 bits per heavy atom. The van der Waals surface area contributed by atoms with Crippen molar-refractivity contribution >= 4 is 17.6 Å². The average molecular weight is 262 g/mol. The summed E-state index contributed by atoms with van der Waals surface area (Å²) in [5.74, 6) is 0.697. The van der Waals surface area contributed by atoms with E-state index in [1.807, 2.05) is 24.3 Å². The highest BCUT2D eigenvalue weighted by atomic mass is 16.1. The van der Waals surface area contributed by atoms with Crippen molar-refractivity contribution in [2.45, 2.75) is 33.4 Å². The number of nitrogens with one attached hydrogen (secondary N) is 3. The van der Waals surface area contributed by atoms with E-state index in [1.54, 1.807) is 7.05 Å². The molecule has 5 nitrogen and oxygen atoms in total. The highest BCUT2D eigenvalue weighted by Crippen LogP contribution is 2.10. The molecule has 3 N–H and O–H groups in total. The van der Waals surface area contributed by atoms with E-state index in [0.717, 1.165) is 17.2 Å². The van der Waals surface area contributed by atoms with Gasteiger partial charge < -0.3 is 16.0 Å². The van der Waals surface area contributed by atoms with Gasteiger partial charge in [0.25, 0.3) is 0 Å². The van der Waals surface area contributed by atoms with Crippen LogP contribution >= 0.6 is 0 Å². The van der Waals surface area contributed by atoms with Gasteiger partial charge in [0.05, 0.1) is 0 Å². The second-order valence-corrected chi connectivity index (χ2v) is 4.61. The average Bonchev–Trinajstić information content (AvgIpc) is 2.33. The minimum absolute atomic E-state index is 0.0672. The summed E-state index contributed by atoms with van der Waals surface area (Å²) >= 11 is 0. The molecule has 5 heteroatoms. The number of amides is 1. The lowest BCUT2D eigenvalue weighted by Crippen LogP contribution is -2.40. The van der Waals surface area contributed by atoms with Crippen LogP contribution in [0.1, 0.15) is 26.3 Å². The van der Waals surface area contributed by atoms with Crippen LogP contribution in [-0.2, 0) is 11.3 Å². The third kappa shape index (κ3) is 5.90. The van der Waals surface area contributed by atoms with Gasteiger partial charge in [0, 0.05) is 32.2 Å². The summed E-state index contributed by atoms with van der Waals surface area (Å²) in [6, 6.07) is 8.06. The molecule has 0 atom stereocenters.